The number of piperidine rings is 1. The number of aryl methyl sites for hydroxylation is 2. The minimum Gasteiger partial charge on any atom is -0.347 e. The van der Waals surface area contributed by atoms with Crippen molar-refractivity contribution in [1.29, 1.82) is 0 Å². The Kier molecular flexibility index (Phi) is 6.46. The molecular formula is C27H27N5O2S. The number of hydrogen-bond acceptors (Lipinski definition) is 6. The van der Waals surface area contributed by atoms with Gasteiger partial charge in [0.2, 0.25) is 5.91 Å². The van der Waals surface area contributed by atoms with Gasteiger partial charge in [-0.25, -0.2) is 9.97 Å². The quantitative estimate of drug-likeness (QED) is 0.394. The van der Waals surface area contributed by atoms with Crippen LogP contribution in [0, 0.1) is 19.8 Å². The van der Waals surface area contributed by atoms with Crippen LogP contribution in [0.1, 0.15) is 34.3 Å². The molecule has 8 heteroatoms. The first-order valence-corrected chi connectivity index (χ1v) is 12.5. The topological polar surface area (TPSA) is 87.2 Å². The van der Waals surface area contributed by atoms with Crippen LogP contribution in [-0.2, 0) is 4.79 Å². The lowest BCUT2D eigenvalue weighted by Crippen LogP contribution is -2.40. The van der Waals surface area contributed by atoms with Gasteiger partial charge in [0.05, 0.1) is 5.92 Å². The van der Waals surface area contributed by atoms with Gasteiger partial charge in [0, 0.05) is 36.2 Å². The number of nitrogens with zero attached hydrogens (tertiary/aromatic N) is 3. The van der Waals surface area contributed by atoms with Gasteiger partial charge in [0.1, 0.15) is 10.3 Å². The summed E-state index contributed by atoms with van der Waals surface area (Å²) in [5.74, 6) is -0.406. The summed E-state index contributed by atoms with van der Waals surface area (Å²) in [4.78, 5) is 38.1. The van der Waals surface area contributed by atoms with Crippen molar-refractivity contribution in [1.82, 2.24) is 9.97 Å². The van der Waals surface area contributed by atoms with E-state index < -0.39 is 0 Å². The summed E-state index contributed by atoms with van der Waals surface area (Å²) >= 11 is 1.56. The van der Waals surface area contributed by atoms with E-state index in [1.807, 2.05) is 44.2 Å². The molecule has 35 heavy (non-hydrogen) atoms. The Morgan fingerprint density at radius 3 is 2.63 bits per heavy atom. The second kappa shape index (κ2) is 9.84. The molecule has 2 aromatic heterocycles. The van der Waals surface area contributed by atoms with Crippen LogP contribution in [0.5, 0.6) is 0 Å². The van der Waals surface area contributed by atoms with Crippen LogP contribution in [0.3, 0.4) is 0 Å². The molecule has 1 fully saturated rings. The Labute approximate surface area is 208 Å². The smallest absolute Gasteiger partial charge is 0.255 e. The molecule has 2 N–H and O–H groups in total. The summed E-state index contributed by atoms with van der Waals surface area (Å²) in [7, 11) is 0. The molecule has 5 rings (SSSR count). The summed E-state index contributed by atoms with van der Waals surface area (Å²) in [6.07, 6.45) is 3.51. The second-order valence-electron chi connectivity index (χ2n) is 9.01. The van der Waals surface area contributed by atoms with Crippen LogP contribution >= 0.6 is 11.3 Å². The predicted molar refractivity (Wildman–Crippen MR) is 141 cm³/mol. The lowest BCUT2D eigenvalue weighted by molar-refractivity contribution is -0.120. The second-order valence-corrected chi connectivity index (χ2v) is 9.97. The van der Waals surface area contributed by atoms with Crippen molar-refractivity contribution in [3.63, 3.8) is 0 Å². The van der Waals surface area contributed by atoms with E-state index in [-0.39, 0.29) is 17.7 Å². The molecule has 1 saturated heterocycles. The minimum atomic E-state index is -0.209. The fourth-order valence-corrected chi connectivity index (χ4v) is 5.43. The molecule has 0 unspecified atom stereocenters. The highest BCUT2D eigenvalue weighted by atomic mass is 32.1. The molecule has 0 bridgehead atoms. The lowest BCUT2D eigenvalue weighted by Gasteiger charge is -2.31. The first kappa shape index (κ1) is 23.0. The molecule has 1 aliphatic heterocycles. The van der Waals surface area contributed by atoms with Gasteiger partial charge in [-0.2, -0.15) is 0 Å². The zero-order valence-corrected chi connectivity index (χ0v) is 20.6. The van der Waals surface area contributed by atoms with Gasteiger partial charge in [0.25, 0.3) is 5.91 Å². The molecular weight excluding hydrogens is 458 g/mol. The van der Waals surface area contributed by atoms with Gasteiger partial charge in [-0.15, -0.1) is 0 Å². The molecule has 0 aliphatic carbocycles. The average Bonchev–Trinajstić information content (AvgIpc) is 3.28. The Morgan fingerprint density at radius 2 is 1.83 bits per heavy atom. The number of fused-ring (bicyclic) bond motifs is 1. The van der Waals surface area contributed by atoms with Crippen LogP contribution in [0.2, 0.25) is 0 Å². The molecule has 2 amide bonds. The summed E-state index contributed by atoms with van der Waals surface area (Å²) in [6.45, 7) is 5.48. The number of nitrogens with one attached hydrogen (secondary N) is 2. The third-order valence-electron chi connectivity index (χ3n) is 6.09. The van der Waals surface area contributed by atoms with Crippen molar-refractivity contribution in [2.24, 2.45) is 5.92 Å². The van der Waals surface area contributed by atoms with Crippen molar-refractivity contribution in [3.8, 4) is 0 Å². The maximum atomic E-state index is 13.1. The Bertz CT molecular complexity index is 1350. The lowest BCUT2D eigenvalue weighted by atomic mass is 9.97. The molecule has 0 spiro atoms. The largest absolute Gasteiger partial charge is 0.347 e. The predicted octanol–water partition coefficient (Wildman–Crippen LogP) is 5.42. The highest BCUT2D eigenvalue weighted by Gasteiger charge is 2.27. The van der Waals surface area contributed by atoms with Crippen LogP contribution in [0.4, 0.5) is 16.5 Å². The number of carbonyl (C=O) groups excluding carboxylic acids is 2. The van der Waals surface area contributed by atoms with Crippen molar-refractivity contribution < 1.29 is 9.59 Å². The highest BCUT2D eigenvalue weighted by molar-refractivity contribution is 7.21. The van der Waals surface area contributed by atoms with E-state index in [9.17, 15) is 9.59 Å². The Hall–Kier alpha value is -3.78. The SMILES string of the molecule is Cc1cc(C)cc(NC(=O)c2cccc(NC(=O)[C@@H]3CCCN(c4nc5cccnc5s4)C3)c2)c1. The summed E-state index contributed by atoms with van der Waals surface area (Å²) in [6, 6.07) is 16.8. The fourth-order valence-electron chi connectivity index (χ4n) is 4.49. The molecule has 7 nitrogen and oxygen atoms in total. The van der Waals surface area contributed by atoms with Gasteiger partial charge < -0.3 is 15.5 Å². The monoisotopic (exact) mass is 485 g/mol. The Balaban J connectivity index is 1.24. The van der Waals surface area contributed by atoms with Crippen molar-refractivity contribution in [2.75, 3.05) is 28.6 Å². The van der Waals surface area contributed by atoms with E-state index in [0.717, 1.165) is 51.7 Å². The van der Waals surface area contributed by atoms with E-state index >= 15 is 0 Å². The van der Waals surface area contributed by atoms with E-state index in [2.05, 4.69) is 26.6 Å². The molecule has 3 heterocycles. The van der Waals surface area contributed by atoms with Gasteiger partial charge in [0.15, 0.2) is 5.13 Å². The first-order chi connectivity index (χ1) is 16.9. The number of rotatable bonds is 5. The Morgan fingerprint density at radius 1 is 1.00 bits per heavy atom. The summed E-state index contributed by atoms with van der Waals surface area (Å²) in [5, 5.41) is 6.87. The standard InChI is InChI=1S/C27H27N5O2S/c1-17-12-18(2)14-22(13-17)30-24(33)19-6-3-8-21(15-19)29-25(34)20-7-5-11-32(16-20)27-31-23-9-4-10-28-26(23)35-27/h3-4,6,8-10,12-15,20H,5,7,11,16H2,1-2H3,(H,29,34)(H,30,33)/t20-/m1/s1. The van der Waals surface area contributed by atoms with Crippen LogP contribution < -0.4 is 15.5 Å². The van der Waals surface area contributed by atoms with Crippen LogP contribution in [0.15, 0.2) is 60.8 Å². The van der Waals surface area contributed by atoms with Gasteiger partial charge >= 0.3 is 0 Å². The van der Waals surface area contributed by atoms with Gasteiger partial charge in [-0.1, -0.05) is 23.5 Å². The van der Waals surface area contributed by atoms with E-state index in [1.54, 1.807) is 35.7 Å². The minimum absolute atomic E-state index is 0.0409. The number of hydrogen-bond donors (Lipinski definition) is 2. The number of aromatic nitrogens is 2. The molecule has 4 aromatic rings. The number of carbonyl (C=O) groups is 2. The van der Waals surface area contributed by atoms with Gasteiger partial charge in [-0.3, -0.25) is 9.59 Å². The number of thiazole rings is 1. The average molecular weight is 486 g/mol. The van der Waals surface area contributed by atoms with Crippen LogP contribution in [-0.4, -0.2) is 34.9 Å². The number of anilines is 3. The molecule has 0 radical (unpaired) electrons. The summed E-state index contributed by atoms with van der Waals surface area (Å²) < 4.78 is 0. The highest BCUT2D eigenvalue weighted by Crippen LogP contribution is 2.30. The maximum absolute atomic E-state index is 13.1. The molecule has 1 aliphatic rings. The summed E-state index contributed by atoms with van der Waals surface area (Å²) in [5.41, 5.74) is 4.93. The third kappa shape index (κ3) is 5.33. The number of benzene rings is 2. The third-order valence-corrected chi connectivity index (χ3v) is 7.13. The fraction of sp³-hybridized carbons (Fsp3) is 0.259. The number of amides is 2. The van der Waals surface area contributed by atoms with E-state index in [4.69, 9.17) is 4.98 Å². The molecule has 1 atom stereocenters. The van der Waals surface area contributed by atoms with Crippen molar-refractivity contribution >= 4 is 50.0 Å². The van der Waals surface area contributed by atoms with Crippen molar-refractivity contribution in [3.05, 3.63) is 77.5 Å². The molecule has 2 aromatic carbocycles. The zero-order valence-electron chi connectivity index (χ0n) is 19.7. The normalized spacial score (nSPS) is 15.7. The zero-order chi connectivity index (χ0) is 24.4. The van der Waals surface area contributed by atoms with Crippen molar-refractivity contribution in [2.45, 2.75) is 26.7 Å². The van der Waals surface area contributed by atoms with Crippen LogP contribution in [0.25, 0.3) is 10.3 Å². The first-order valence-electron chi connectivity index (χ1n) is 11.7. The molecule has 0 saturated carbocycles. The molecule has 178 valence electrons. The number of pyridine rings is 1. The van der Waals surface area contributed by atoms with Gasteiger partial charge in [-0.05, 0) is 80.3 Å². The van der Waals surface area contributed by atoms with E-state index in [1.165, 1.54) is 0 Å². The van der Waals surface area contributed by atoms with E-state index in [0.29, 0.717) is 17.8 Å². The maximum Gasteiger partial charge on any atom is 0.255 e.